The van der Waals surface area contributed by atoms with Gasteiger partial charge >= 0.3 is 0 Å². The van der Waals surface area contributed by atoms with Gasteiger partial charge in [0.1, 0.15) is 11.5 Å². The first-order valence-electron chi connectivity index (χ1n) is 9.42. The first-order valence-corrected chi connectivity index (χ1v) is 9.42. The fourth-order valence-corrected chi connectivity index (χ4v) is 3.55. The summed E-state index contributed by atoms with van der Waals surface area (Å²) < 4.78 is 5.48. The molecule has 1 aliphatic rings. The molecule has 1 N–H and O–H groups in total. The van der Waals surface area contributed by atoms with Gasteiger partial charge in [0.2, 0.25) is 0 Å². The van der Waals surface area contributed by atoms with Crippen molar-refractivity contribution in [3.8, 4) is 5.75 Å². The van der Waals surface area contributed by atoms with Crippen molar-refractivity contribution >= 4 is 17.4 Å². The second-order valence-electron chi connectivity index (χ2n) is 7.13. The van der Waals surface area contributed by atoms with Crippen LogP contribution in [-0.2, 0) is 9.59 Å². The number of hydrogen-bond donors (Lipinski definition) is 1. The molecular weight excluding hydrogens is 370 g/mol. The third-order valence-corrected chi connectivity index (χ3v) is 4.93. The molecule has 7 nitrogen and oxygen atoms in total. The summed E-state index contributed by atoms with van der Waals surface area (Å²) in [5, 5.41) is 10.9. The van der Waals surface area contributed by atoms with E-state index in [0.29, 0.717) is 29.8 Å². The fourth-order valence-electron chi connectivity index (χ4n) is 3.55. The lowest BCUT2D eigenvalue weighted by molar-refractivity contribution is -0.140. The van der Waals surface area contributed by atoms with Crippen LogP contribution in [0.2, 0.25) is 0 Å². The molecule has 1 saturated heterocycles. The number of nitrogens with zero attached hydrogens (tertiary/aromatic N) is 3. The number of ketones is 1. The molecule has 0 aliphatic carbocycles. The maximum atomic E-state index is 12.9. The van der Waals surface area contributed by atoms with Crippen LogP contribution in [-0.4, -0.2) is 65.9 Å². The fraction of sp³-hybridized carbons (Fsp3) is 0.318. The van der Waals surface area contributed by atoms with Gasteiger partial charge < -0.3 is 19.6 Å². The molecule has 0 spiro atoms. The molecule has 7 heteroatoms. The highest BCUT2D eigenvalue weighted by Crippen LogP contribution is 2.42. The molecule has 3 rings (SSSR count). The zero-order valence-corrected chi connectivity index (χ0v) is 16.8. The first kappa shape index (κ1) is 20.5. The Bertz CT molecular complexity index is 925. The smallest absolute Gasteiger partial charge is 0.295 e. The van der Waals surface area contributed by atoms with E-state index in [4.69, 9.17) is 4.74 Å². The summed E-state index contributed by atoms with van der Waals surface area (Å²) in [5.41, 5.74) is 1.16. The van der Waals surface area contributed by atoms with Crippen LogP contribution < -0.4 is 4.74 Å². The number of benzene rings is 1. The van der Waals surface area contributed by atoms with Gasteiger partial charge in [0.25, 0.3) is 11.7 Å². The maximum Gasteiger partial charge on any atom is 0.295 e. The Morgan fingerprint density at radius 3 is 2.52 bits per heavy atom. The number of aliphatic hydroxyl groups is 1. The summed E-state index contributed by atoms with van der Waals surface area (Å²) in [7, 11) is 5.45. The molecule has 1 atom stereocenters. The molecule has 1 fully saturated rings. The van der Waals surface area contributed by atoms with Gasteiger partial charge in [-0.3, -0.25) is 14.6 Å². The Morgan fingerprint density at radius 2 is 1.86 bits per heavy atom. The second kappa shape index (κ2) is 8.87. The van der Waals surface area contributed by atoms with Crippen molar-refractivity contribution in [2.24, 2.45) is 0 Å². The van der Waals surface area contributed by atoms with Gasteiger partial charge in [0, 0.05) is 30.1 Å². The first-order chi connectivity index (χ1) is 14.0. The van der Waals surface area contributed by atoms with Crippen LogP contribution in [0.5, 0.6) is 5.75 Å². The lowest BCUT2D eigenvalue weighted by Gasteiger charge is -2.27. The van der Waals surface area contributed by atoms with Crippen LogP contribution in [0.4, 0.5) is 0 Å². The number of carbonyl (C=O) groups is 2. The third-order valence-electron chi connectivity index (χ3n) is 4.93. The lowest BCUT2D eigenvalue weighted by Crippen LogP contribution is -2.32. The minimum Gasteiger partial charge on any atom is -0.507 e. The molecule has 1 aromatic carbocycles. The molecule has 29 heavy (non-hydrogen) atoms. The van der Waals surface area contributed by atoms with E-state index in [9.17, 15) is 14.7 Å². The number of hydrogen-bond acceptors (Lipinski definition) is 6. The SMILES string of the molecule is COc1ccccc1[C@@H]1/C(=C(\O)c2ccncc2)C(=O)C(=O)N1CCCN(C)C. The van der Waals surface area contributed by atoms with Gasteiger partial charge in [-0.1, -0.05) is 18.2 Å². The summed E-state index contributed by atoms with van der Waals surface area (Å²) in [6, 6.07) is 9.73. The van der Waals surface area contributed by atoms with Crippen LogP contribution in [0.15, 0.2) is 54.4 Å². The number of pyridine rings is 1. The Balaban J connectivity index is 2.13. The minimum atomic E-state index is -0.721. The quantitative estimate of drug-likeness (QED) is 0.441. The summed E-state index contributed by atoms with van der Waals surface area (Å²) in [6.07, 6.45) is 3.75. The van der Waals surface area contributed by atoms with E-state index in [0.717, 1.165) is 6.54 Å². The molecule has 2 heterocycles. The van der Waals surface area contributed by atoms with Gasteiger partial charge in [0.15, 0.2) is 0 Å². The zero-order valence-electron chi connectivity index (χ0n) is 16.8. The number of aromatic nitrogens is 1. The van der Waals surface area contributed by atoms with Gasteiger partial charge in [-0.15, -0.1) is 0 Å². The van der Waals surface area contributed by atoms with Crippen molar-refractivity contribution in [2.45, 2.75) is 12.5 Å². The lowest BCUT2D eigenvalue weighted by atomic mass is 9.95. The second-order valence-corrected chi connectivity index (χ2v) is 7.13. The molecule has 0 radical (unpaired) electrons. The van der Waals surface area contributed by atoms with Crippen molar-refractivity contribution in [3.63, 3.8) is 0 Å². The predicted octanol–water partition coefficient (Wildman–Crippen LogP) is 2.46. The number of amides is 1. The van der Waals surface area contributed by atoms with Crippen LogP contribution in [0.25, 0.3) is 5.76 Å². The highest BCUT2D eigenvalue weighted by Gasteiger charge is 2.46. The summed E-state index contributed by atoms with van der Waals surface area (Å²) in [4.78, 5) is 33.3. The Kier molecular flexibility index (Phi) is 6.29. The van der Waals surface area contributed by atoms with Crippen LogP contribution in [0, 0.1) is 0 Å². The highest BCUT2D eigenvalue weighted by molar-refractivity contribution is 6.46. The number of para-hydroxylation sites is 1. The topological polar surface area (TPSA) is 83.0 Å². The molecule has 0 bridgehead atoms. The van der Waals surface area contributed by atoms with Gasteiger partial charge in [-0.05, 0) is 45.3 Å². The monoisotopic (exact) mass is 395 g/mol. The van der Waals surface area contributed by atoms with E-state index < -0.39 is 17.7 Å². The van der Waals surface area contributed by atoms with Crippen molar-refractivity contribution in [3.05, 3.63) is 65.5 Å². The van der Waals surface area contributed by atoms with E-state index in [-0.39, 0.29) is 11.3 Å². The molecule has 1 aliphatic heterocycles. The Hall–Kier alpha value is -3.19. The number of carbonyl (C=O) groups excluding carboxylic acids is 2. The largest absolute Gasteiger partial charge is 0.507 e. The van der Waals surface area contributed by atoms with E-state index in [1.165, 1.54) is 17.3 Å². The Labute approximate surface area is 170 Å². The average molecular weight is 395 g/mol. The van der Waals surface area contributed by atoms with Crippen LogP contribution in [0.3, 0.4) is 0 Å². The van der Waals surface area contributed by atoms with E-state index in [2.05, 4.69) is 4.98 Å². The molecular formula is C22H25N3O4. The number of methoxy groups -OCH3 is 1. The minimum absolute atomic E-state index is 0.0653. The normalized spacial score (nSPS) is 18.5. The van der Waals surface area contributed by atoms with E-state index in [1.54, 1.807) is 25.3 Å². The van der Waals surface area contributed by atoms with E-state index >= 15 is 0 Å². The van der Waals surface area contributed by atoms with Crippen LogP contribution in [0.1, 0.15) is 23.6 Å². The number of aliphatic hydroxyl groups excluding tert-OH is 1. The zero-order chi connectivity index (χ0) is 21.0. The summed E-state index contributed by atoms with van der Waals surface area (Å²) in [5.74, 6) is -0.968. The van der Waals surface area contributed by atoms with Gasteiger partial charge in [-0.25, -0.2) is 0 Å². The number of rotatable bonds is 7. The van der Waals surface area contributed by atoms with Gasteiger partial charge in [-0.2, -0.15) is 0 Å². The van der Waals surface area contributed by atoms with Crippen molar-refractivity contribution in [2.75, 3.05) is 34.3 Å². The van der Waals surface area contributed by atoms with Crippen LogP contribution >= 0.6 is 0 Å². The molecule has 2 aromatic rings. The number of ether oxygens (including phenoxy) is 1. The molecule has 1 aromatic heterocycles. The van der Waals surface area contributed by atoms with Gasteiger partial charge in [0.05, 0.1) is 18.7 Å². The van der Waals surface area contributed by atoms with Crippen molar-refractivity contribution < 1.29 is 19.4 Å². The molecule has 152 valence electrons. The highest BCUT2D eigenvalue weighted by atomic mass is 16.5. The molecule has 0 saturated carbocycles. The average Bonchev–Trinajstić information content (AvgIpc) is 2.98. The molecule has 0 unspecified atom stereocenters. The number of Topliss-reactive ketones (excluding diaryl/α,β-unsaturated/α-hetero) is 1. The standard InChI is InChI=1S/C22H25N3O4/c1-24(2)13-6-14-25-19(16-7-4-5-8-17(16)29-3)18(21(27)22(25)28)20(26)15-9-11-23-12-10-15/h4-5,7-12,19,26H,6,13-14H2,1-3H3/b20-18+/t19-/m1/s1. The number of likely N-dealkylation sites (tertiary alicyclic amines) is 1. The summed E-state index contributed by atoms with van der Waals surface area (Å²) >= 11 is 0. The maximum absolute atomic E-state index is 12.9. The predicted molar refractivity (Wildman–Crippen MR) is 109 cm³/mol. The summed E-state index contributed by atoms with van der Waals surface area (Å²) in [6.45, 7) is 1.16. The molecule has 1 amide bonds. The van der Waals surface area contributed by atoms with Crippen molar-refractivity contribution in [1.29, 1.82) is 0 Å². The van der Waals surface area contributed by atoms with Crippen molar-refractivity contribution in [1.82, 2.24) is 14.8 Å². The Morgan fingerprint density at radius 1 is 1.17 bits per heavy atom. The van der Waals surface area contributed by atoms with E-state index in [1.807, 2.05) is 37.2 Å². The third kappa shape index (κ3) is 4.14.